The lowest BCUT2D eigenvalue weighted by Gasteiger charge is -2.14. The summed E-state index contributed by atoms with van der Waals surface area (Å²) < 4.78 is 1.65. The summed E-state index contributed by atoms with van der Waals surface area (Å²) >= 11 is 11.9. The van der Waals surface area contributed by atoms with E-state index in [1.807, 2.05) is 32.0 Å². The fourth-order valence-corrected chi connectivity index (χ4v) is 3.60. The summed E-state index contributed by atoms with van der Waals surface area (Å²) in [6.45, 7) is 4.18. The first-order valence-corrected chi connectivity index (χ1v) is 8.96. The van der Waals surface area contributed by atoms with Gasteiger partial charge in [-0.1, -0.05) is 41.4 Å². The normalized spacial score (nSPS) is 10.9. The second kappa shape index (κ2) is 7.52. The molecule has 0 fully saturated rings. The van der Waals surface area contributed by atoms with Gasteiger partial charge in [0.05, 0.1) is 5.52 Å². The second-order valence-electron chi connectivity index (χ2n) is 6.24. The smallest absolute Gasteiger partial charge is 0.251 e. The minimum atomic E-state index is -0.211. The molecule has 0 aliphatic heterocycles. The van der Waals surface area contributed by atoms with Gasteiger partial charge in [-0.05, 0) is 43.2 Å². The largest absolute Gasteiger partial charge is 0.326 e. The van der Waals surface area contributed by atoms with Crippen LogP contribution in [0, 0.1) is 13.8 Å². The number of benzene rings is 2. The van der Waals surface area contributed by atoms with Crippen molar-refractivity contribution in [1.82, 2.24) is 4.57 Å². The highest BCUT2D eigenvalue weighted by molar-refractivity contribution is 6.35. The van der Waals surface area contributed by atoms with Crippen LogP contribution in [0.4, 0.5) is 5.69 Å². The van der Waals surface area contributed by atoms with Gasteiger partial charge >= 0.3 is 0 Å². The molecule has 6 heteroatoms. The molecule has 0 saturated heterocycles. The van der Waals surface area contributed by atoms with E-state index in [9.17, 15) is 9.59 Å². The minimum Gasteiger partial charge on any atom is -0.326 e. The first kappa shape index (κ1) is 18.5. The number of nitrogens with one attached hydrogen (secondary N) is 1. The maximum absolute atomic E-state index is 12.5. The molecule has 0 aliphatic rings. The molecule has 3 rings (SSSR count). The Bertz CT molecular complexity index is 1040. The number of carbonyl (C=O) groups is 1. The Morgan fingerprint density at radius 3 is 2.42 bits per heavy atom. The number of aryl methyl sites for hydroxylation is 3. The van der Waals surface area contributed by atoms with Crippen LogP contribution >= 0.6 is 23.2 Å². The number of halogens is 2. The van der Waals surface area contributed by atoms with E-state index in [2.05, 4.69) is 5.32 Å². The summed E-state index contributed by atoms with van der Waals surface area (Å²) in [6.07, 6.45) is 0.163. The Kier molecular flexibility index (Phi) is 5.35. The number of anilines is 1. The van der Waals surface area contributed by atoms with E-state index in [-0.39, 0.29) is 17.9 Å². The van der Waals surface area contributed by atoms with Crippen molar-refractivity contribution in [2.24, 2.45) is 0 Å². The van der Waals surface area contributed by atoms with E-state index in [0.29, 0.717) is 22.3 Å². The summed E-state index contributed by atoms with van der Waals surface area (Å²) in [5.74, 6) is -0.211. The standard InChI is InChI=1S/C20H18Cl2N2O2/c1-12-4-3-5-17-13(2)8-19(26)24(20(12)17)7-6-18(25)23-16-10-14(21)9-15(22)11-16/h3-5,8-11H,6-7H2,1-2H3,(H,23,25). The van der Waals surface area contributed by atoms with Crippen molar-refractivity contribution in [2.75, 3.05) is 5.32 Å². The van der Waals surface area contributed by atoms with Crippen LogP contribution < -0.4 is 10.9 Å². The SMILES string of the molecule is Cc1cc(=O)n(CCC(=O)Nc2cc(Cl)cc(Cl)c2)c2c(C)cccc12. The van der Waals surface area contributed by atoms with Crippen LogP contribution in [0.3, 0.4) is 0 Å². The van der Waals surface area contributed by atoms with E-state index in [0.717, 1.165) is 22.0 Å². The molecule has 0 aliphatic carbocycles. The molecule has 1 aromatic heterocycles. The second-order valence-corrected chi connectivity index (χ2v) is 7.12. The van der Waals surface area contributed by atoms with Gasteiger partial charge in [0.2, 0.25) is 5.91 Å². The van der Waals surface area contributed by atoms with Crippen molar-refractivity contribution >= 4 is 45.7 Å². The zero-order valence-electron chi connectivity index (χ0n) is 14.5. The molecular formula is C20H18Cl2N2O2. The number of nitrogens with zero attached hydrogens (tertiary/aromatic N) is 1. The van der Waals surface area contributed by atoms with Crippen LogP contribution in [-0.2, 0) is 11.3 Å². The summed E-state index contributed by atoms with van der Waals surface area (Å²) in [4.78, 5) is 24.8. The van der Waals surface area contributed by atoms with E-state index in [1.165, 1.54) is 0 Å². The molecule has 26 heavy (non-hydrogen) atoms. The fraction of sp³-hybridized carbons (Fsp3) is 0.200. The van der Waals surface area contributed by atoms with E-state index < -0.39 is 0 Å². The molecule has 0 saturated carbocycles. The Hall–Kier alpha value is -2.30. The molecule has 1 amide bonds. The maximum atomic E-state index is 12.5. The fourth-order valence-electron chi connectivity index (χ4n) is 3.07. The molecule has 4 nitrogen and oxygen atoms in total. The Labute approximate surface area is 161 Å². The molecule has 0 spiro atoms. The Balaban J connectivity index is 1.84. The molecule has 3 aromatic rings. The summed E-state index contributed by atoms with van der Waals surface area (Å²) in [6, 6.07) is 12.4. The number of hydrogen-bond donors (Lipinski definition) is 1. The highest BCUT2D eigenvalue weighted by atomic mass is 35.5. The van der Waals surface area contributed by atoms with Gasteiger partial charge in [0.15, 0.2) is 0 Å². The van der Waals surface area contributed by atoms with E-state index in [1.54, 1.807) is 28.8 Å². The van der Waals surface area contributed by atoms with Crippen molar-refractivity contribution in [2.45, 2.75) is 26.8 Å². The number of pyridine rings is 1. The first-order valence-electron chi connectivity index (χ1n) is 8.21. The first-order chi connectivity index (χ1) is 12.3. The van der Waals surface area contributed by atoms with Gasteiger partial charge in [-0.25, -0.2) is 0 Å². The third-order valence-electron chi connectivity index (χ3n) is 4.25. The lowest BCUT2D eigenvalue weighted by Crippen LogP contribution is -2.24. The molecule has 1 heterocycles. The number of amides is 1. The number of fused-ring (bicyclic) bond motifs is 1. The lowest BCUT2D eigenvalue weighted by atomic mass is 10.1. The van der Waals surface area contributed by atoms with Gasteiger partial charge < -0.3 is 9.88 Å². The molecule has 2 aromatic carbocycles. The van der Waals surface area contributed by atoms with E-state index in [4.69, 9.17) is 23.2 Å². The van der Waals surface area contributed by atoms with Gasteiger partial charge in [0.1, 0.15) is 0 Å². The quantitative estimate of drug-likeness (QED) is 0.686. The summed E-state index contributed by atoms with van der Waals surface area (Å²) in [5, 5.41) is 4.68. The predicted octanol–water partition coefficient (Wildman–Crippen LogP) is 4.95. The van der Waals surface area contributed by atoms with Crippen molar-refractivity contribution < 1.29 is 4.79 Å². The third kappa shape index (κ3) is 3.92. The van der Waals surface area contributed by atoms with Crippen molar-refractivity contribution in [3.63, 3.8) is 0 Å². The summed E-state index contributed by atoms with van der Waals surface area (Å²) in [5.41, 5.74) is 3.23. The van der Waals surface area contributed by atoms with Crippen molar-refractivity contribution in [1.29, 1.82) is 0 Å². The molecule has 0 atom stereocenters. The maximum Gasteiger partial charge on any atom is 0.251 e. The lowest BCUT2D eigenvalue weighted by molar-refractivity contribution is -0.116. The van der Waals surface area contributed by atoms with Crippen LogP contribution in [0.5, 0.6) is 0 Å². The van der Waals surface area contributed by atoms with Crippen LogP contribution in [0.1, 0.15) is 17.5 Å². The van der Waals surface area contributed by atoms with E-state index >= 15 is 0 Å². The third-order valence-corrected chi connectivity index (χ3v) is 4.68. The number of rotatable bonds is 4. The van der Waals surface area contributed by atoms with Crippen LogP contribution in [0.15, 0.2) is 47.3 Å². The van der Waals surface area contributed by atoms with Crippen molar-refractivity contribution in [3.8, 4) is 0 Å². The number of carbonyl (C=O) groups excluding carboxylic acids is 1. The zero-order chi connectivity index (χ0) is 18.8. The molecule has 134 valence electrons. The van der Waals surface area contributed by atoms with Crippen LogP contribution in [0.2, 0.25) is 10.0 Å². The monoisotopic (exact) mass is 388 g/mol. The number of aromatic nitrogens is 1. The van der Waals surface area contributed by atoms with Gasteiger partial charge in [0, 0.05) is 40.2 Å². The average molecular weight is 389 g/mol. The Morgan fingerprint density at radius 2 is 1.73 bits per heavy atom. The van der Waals surface area contributed by atoms with Crippen molar-refractivity contribution in [3.05, 3.63) is 74.0 Å². The molecule has 0 radical (unpaired) electrons. The zero-order valence-corrected chi connectivity index (χ0v) is 16.0. The molecule has 0 bridgehead atoms. The Morgan fingerprint density at radius 1 is 1.04 bits per heavy atom. The number of para-hydroxylation sites is 1. The summed E-state index contributed by atoms with van der Waals surface area (Å²) in [7, 11) is 0. The molecule has 1 N–H and O–H groups in total. The van der Waals surface area contributed by atoms with Crippen LogP contribution in [0.25, 0.3) is 10.9 Å². The molecule has 0 unspecified atom stereocenters. The average Bonchev–Trinajstić information content (AvgIpc) is 2.54. The van der Waals surface area contributed by atoms with Gasteiger partial charge in [-0.2, -0.15) is 0 Å². The number of hydrogen-bond acceptors (Lipinski definition) is 2. The van der Waals surface area contributed by atoms with Crippen LogP contribution in [-0.4, -0.2) is 10.5 Å². The van der Waals surface area contributed by atoms with Gasteiger partial charge in [-0.3, -0.25) is 9.59 Å². The highest BCUT2D eigenvalue weighted by Crippen LogP contribution is 2.23. The predicted molar refractivity (Wildman–Crippen MR) is 107 cm³/mol. The molecular weight excluding hydrogens is 371 g/mol. The van der Waals surface area contributed by atoms with Gasteiger partial charge in [0.25, 0.3) is 5.56 Å². The highest BCUT2D eigenvalue weighted by Gasteiger charge is 2.11. The topological polar surface area (TPSA) is 51.1 Å². The van der Waals surface area contributed by atoms with Gasteiger partial charge in [-0.15, -0.1) is 0 Å². The minimum absolute atomic E-state index is 0.108.